The van der Waals surface area contributed by atoms with Crippen LogP contribution in [0.1, 0.15) is 28.7 Å². The van der Waals surface area contributed by atoms with E-state index in [4.69, 9.17) is 11.6 Å². The van der Waals surface area contributed by atoms with Gasteiger partial charge in [0.15, 0.2) is 0 Å². The number of anilines is 1. The molecule has 0 saturated carbocycles. The van der Waals surface area contributed by atoms with E-state index < -0.39 is 0 Å². The number of para-hydroxylation sites is 1. The second-order valence-electron chi connectivity index (χ2n) is 6.05. The second-order valence-corrected chi connectivity index (χ2v) is 6.43. The van der Waals surface area contributed by atoms with Gasteiger partial charge in [-0.1, -0.05) is 48.0 Å². The van der Waals surface area contributed by atoms with Crippen molar-refractivity contribution in [1.82, 2.24) is 0 Å². The highest BCUT2D eigenvalue weighted by molar-refractivity contribution is 6.51. The zero-order chi connectivity index (χ0) is 17.3. The number of nitrogens with zero attached hydrogens (tertiary/aromatic N) is 1. The number of fused-ring (bicyclic) bond motifs is 1. The lowest BCUT2D eigenvalue weighted by Crippen LogP contribution is -2.30. The van der Waals surface area contributed by atoms with E-state index in [1.807, 2.05) is 30.3 Å². The molecular formula is C20H18ClNO2. The molecule has 0 unspecified atom stereocenters. The summed E-state index contributed by atoms with van der Waals surface area (Å²) in [4.78, 5) is 25.7. The van der Waals surface area contributed by atoms with Gasteiger partial charge in [0.1, 0.15) is 6.29 Å². The largest absolute Gasteiger partial charge is 0.307 e. The summed E-state index contributed by atoms with van der Waals surface area (Å²) in [6.07, 6.45) is 0.693. The summed E-state index contributed by atoms with van der Waals surface area (Å²) in [7, 11) is 0. The van der Waals surface area contributed by atoms with Gasteiger partial charge in [0.25, 0.3) is 0 Å². The molecule has 0 atom stereocenters. The highest BCUT2D eigenvalue weighted by atomic mass is 35.5. The van der Waals surface area contributed by atoms with E-state index in [0.29, 0.717) is 23.4 Å². The first-order chi connectivity index (χ1) is 11.5. The highest BCUT2D eigenvalue weighted by Gasteiger charge is 2.26. The number of carbonyl (C=O) groups excluding carboxylic acids is 2. The molecule has 0 radical (unpaired) electrons. The molecule has 0 fully saturated rings. The minimum atomic E-state index is -0.126. The van der Waals surface area contributed by atoms with Crippen LogP contribution in [-0.4, -0.2) is 12.2 Å². The number of aryl methyl sites for hydroxylation is 2. The van der Waals surface area contributed by atoms with Gasteiger partial charge in [-0.05, 0) is 36.6 Å². The fourth-order valence-electron chi connectivity index (χ4n) is 2.89. The first kappa shape index (κ1) is 16.5. The maximum atomic E-state index is 12.7. The molecule has 1 aliphatic rings. The minimum absolute atomic E-state index is 0.0157. The molecule has 1 aliphatic heterocycles. The van der Waals surface area contributed by atoms with Crippen molar-refractivity contribution in [3.63, 3.8) is 0 Å². The lowest BCUT2D eigenvalue weighted by atomic mass is 10.1. The van der Waals surface area contributed by atoms with Crippen LogP contribution in [0.15, 0.2) is 48.0 Å². The van der Waals surface area contributed by atoms with E-state index >= 15 is 0 Å². The molecule has 3 nitrogen and oxygen atoms in total. The van der Waals surface area contributed by atoms with Crippen LogP contribution in [-0.2, 0) is 16.1 Å². The van der Waals surface area contributed by atoms with Gasteiger partial charge < -0.3 is 4.90 Å². The van der Waals surface area contributed by atoms with Crippen LogP contribution in [0.25, 0.3) is 5.03 Å². The summed E-state index contributed by atoms with van der Waals surface area (Å²) in [5, 5.41) is 0.358. The fraction of sp³-hybridized carbons (Fsp3) is 0.200. The zero-order valence-corrected chi connectivity index (χ0v) is 14.4. The van der Waals surface area contributed by atoms with Crippen molar-refractivity contribution in [3.05, 3.63) is 70.3 Å². The second kappa shape index (κ2) is 6.62. The number of aldehydes is 1. The average Bonchev–Trinajstić information content (AvgIpc) is 2.68. The van der Waals surface area contributed by atoms with Crippen LogP contribution in [0.3, 0.4) is 0 Å². The minimum Gasteiger partial charge on any atom is -0.307 e. The Bertz CT molecular complexity index is 854. The first-order valence-corrected chi connectivity index (χ1v) is 8.18. The van der Waals surface area contributed by atoms with Crippen molar-refractivity contribution >= 4 is 34.5 Å². The molecule has 1 amide bonds. The third-order valence-corrected chi connectivity index (χ3v) is 4.86. The summed E-state index contributed by atoms with van der Waals surface area (Å²) in [5.41, 5.74) is 5.24. The fourth-order valence-corrected chi connectivity index (χ4v) is 3.16. The van der Waals surface area contributed by atoms with Crippen LogP contribution in [0, 0.1) is 13.8 Å². The average molecular weight is 340 g/mol. The van der Waals surface area contributed by atoms with Gasteiger partial charge >= 0.3 is 0 Å². The Morgan fingerprint density at radius 3 is 2.58 bits per heavy atom. The third kappa shape index (κ3) is 3.00. The molecule has 4 heteroatoms. The number of hydrogen-bond donors (Lipinski definition) is 0. The van der Waals surface area contributed by atoms with E-state index in [1.54, 1.807) is 4.90 Å². The quantitative estimate of drug-likeness (QED) is 0.778. The van der Waals surface area contributed by atoms with Gasteiger partial charge in [0.2, 0.25) is 5.91 Å². The highest BCUT2D eigenvalue weighted by Crippen LogP contribution is 2.36. The predicted octanol–water partition coefficient (Wildman–Crippen LogP) is 4.39. The third-order valence-electron chi connectivity index (χ3n) is 4.41. The Morgan fingerprint density at radius 2 is 1.88 bits per heavy atom. The van der Waals surface area contributed by atoms with Crippen molar-refractivity contribution in [2.75, 3.05) is 4.90 Å². The Morgan fingerprint density at radius 1 is 1.12 bits per heavy atom. The molecule has 0 aromatic heterocycles. The summed E-state index contributed by atoms with van der Waals surface area (Å²) in [6, 6.07) is 13.6. The summed E-state index contributed by atoms with van der Waals surface area (Å²) in [6.45, 7) is 4.57. The molecule has 1 heterocycles. The maximum Gasteiger partial charge on any atom is 0.231 e. The molecule has 0 saturated heterocycles. The summed E-state index contributed by atoms with van der Waals surface area (Å²) < 4.78 is 0. The first-order valence-electron chi connectivity index (χ1n) is 7.81. The van der Waals surface area contributed by atoms with E-state index in [9.17, 15) is 9.59 Å². The number of carbonyl (C=O) groups is 2. The normalized spacial score (nSPS) is 14.5. The number of hydrogen-bond acceptors (Lipinski definition) is 2. The van der Waals surface area contributed by atoms with Gasteiger partial charge in [-0.3, -0.25) is 9.59 Å². The van der Waals surface area contributed by atoms with Gasteiger partial charge in [0, 0.05) is 11.1 Å². The lowest BCUT2D eigenvalue weighted by Gasteiger charge is -2.23. The number of halogens is 1. The van der Waals surface area contributed by atoms with Crippen molar-refractivity contribution < 1.29 is 9.59 Å². The van der Waals surface area contributed by atoms with Crippen LogP contribution in [0.4, 0.5) is 5.69 Å². The molecule has 24 heavy (non-hydrogen) atoms. The lowest BCUT2D eigenvalue weighted by molar-refractivity contribution is -0.118. The maximum absolute atomic E-state index is 12.7. The number of benzene rings is 2. The predicted molar refractivity (Wildman–Crippen MR) is 97.0 cm³/mol. The molecule has 122 valence electrons. The molecular weight excluding hydrogens is 322 g/mol. The number of rotatable bonds is 3. The van der Waals surface area contributed by atoms with Crippen LogP contribution in [0.5, 0.6) is 0 Å². The molecule has 0 spiro atoms. The Kier molecular flexibility index (Phi) is 4.54. The summed E-state index contributed by atoms with van der Waals surface area (Å²) in [5.74, 6) is -0.126. The van der Waals surface area contributed by atoms with Gasteiger partial charge in [-0.15, -0.1) is 0 Å². The smallest absolute Gasteiger partial charge is 0.231 e. The van der Waals surface area contributed by atoms with E-state index in [0.717, 1.165) is 16.8 Å². The van der Waals surface area contributed by atoms with Crippen molar-refractivity contribution in [1.29, 1.82) is 0 Å². The standard InChI is InChI=1S/C20H18ClNO2/c1-13-7-8-15(9-14(13)2)11-22-18-6-4-3-5-17(18)20(21)16(12-23)10-19(22)24/h3-9,12H,10-11H2,1-2H3. The Labute approximate surface area is 146 Å². The molecule has 3 rings (SSSR count). The van der Waals surface area contributed by atoms with Crippen molar-refractivity contribution in [2.24, 2.45) is 0 Å². The molecule has 0 N–H and O–H groups in total. The zero-order valence-electron chi connectivity index (χ0n) is 13.7. The van der Waals surface area contributed by atoms with Crippen LogP contribution >= 0.6 is 11.6 Å². The monoisotopic (exact) mass is 339 g/mol. The van der Waals surface area contributed by atoms with Crippen LogP contribution < -0.4 is 4.90 Å². The molecule has 2 aromatic rings. The van der Waals surface area contributed by atoms with Gasteiger partial charge in [0.05, 0.1) is 23.7 Å². The van der Waals surface area contributed by atoms with Crippen molar-refractivity contribution in [3.8, 4) is 0 Å². The SMILES string of the molecule is Cc1ccc(CN2C(=O)CC(C=O)=C(Cl)c3ccccc32)cc1C. The molecule has 0 aliphatic carbocycles. The van der Waals surface area contributed by atoms with E-state index in [2.05, 4.69) is 26.0 Å². The number of amides is 1. The molecule has 0 bridgehead atoms. The van der Waals surface area contributed by atoms with Gasteiger partial charge in [-0.25, -0.2) is 0 Å². The van der Waals surface area contributed by atoms with Gasteiger partial charge in [-0.2, -0.15) is 0 Å². The molecule has 2 aromatic carbocycles. The van der Waals surface area contributed by atoms with E-state index in [1.165, 1.54) is 11.1 Å². The Hall–Kier alpha value is -2.39. The van der Waals surface area contributed by atoms with E-state index in [-0.39, 0.29) is 12.3 Å². The summed E-state index contributed by atoms with van der Waals surface area (Å²) >= 11 is 6.37. The Balaban J connectivity index is 2.05. The van der Waals surface area contributed by atoms with Crippen LogP contribution in [0.2, 0.25) is 0 Å². The van der Waals surface area contributed by atoms with Crippen molar-refractivity contribution in [2.45, 2.75) is 26.8 Å². The topological polar surface area (TPSA) is 37.4 Å².